The average Bonchev–Trinajstić information content (AvgIpc) is 2.71. The van der Waals surface area contributed by atoms with Crippen LogP contribution >= 0.6 is 0 Å². The molecule has 0 fully saturated rings. The number of benzene rings is 1. The van der Waals surface area contributed by atoms with Crippen molar-refractivity contribution in [3.63, 3.8) is 0 Å². The van der Waals surface area contributed by atoms with Gasteiger partial charge < -0.3 is 20.2 Å². The number of nitrogens with zero attached hydrogens (tertiary/aromatic N) is 1. The Morgan fingerprint density at radius 2 is 2.39 bits per heavy atom. The smallest absolute Gasteiger partial charge is 0.307 e. The molecule has 0 aliphatic heterocycles. The number of ether oxygens (including phenoxy) is 1. The van der Waals surface area contributed by atoms with Crippen molar-refractivity contribution in [2.75, 3.05) is 24.2 Å². The Morgan fingerprint density at radius 3 is 3.17 bits per heavy atom. The summed E-state index contributed by atoms with van der Waals surface area (Å²) in [6.45, 7) is 2.58. The van der Waals surface area contributed by atoms with Crippen molar-refractivity contribution >= 4 is 28.8 Å². The van der Waals surface area contributed by atoms with Gasteiger partial charge in [-0.15, -0.1) is 0 Å². The van der Waals surface area contributed by atoms with E-state index < -0.39 is 0 Å². The number of oxazole rings is 1. The second-order valence-electron chi connectivity index (χ2n) is 3.73. The molecule has 6 heteroatoms. The fraction of sp³-hybridized carbons (Fsp3) is 0.333. The van der Waals surface area contributed by atoms with Crippen LogP contribution in [0.25, 0.3) is 11.1 Å². The third-order valence-electron chi connectivity index (χ3n) is 2.32. The normalized spacial score (nSPS) is 10.5. The Kier molecular flexibility index (Phi) is 3.66. The number of rotatable bonds is 5. The number of hydrogen-bond donors (Lipinski definition) is 2. The molecular weight excluding hydrogens is 234 g/mol. The van der Waals surface area contributed by atoms with Crippen molar-refractivity contribution < 1.29 is 13.9 Å². The van der Waals surface area contributed by atoms with E-state index in [1.54, 1.807) is 25.1 Å². The summed E-state index contributed by atoms with van der Waals surface area (Å²) < 4.78 is 10.2. The molecule has 0 radical (unpaired) electrons. The molecule has 0 saturated heterocycles. The zero-order valence-corrected chi connectivity index (χ0v) is 10.1. The molecule has 0 amide bonds. The predicted molar refractivity (Wildman–Crippen MR) is 68.2 cm³/mol. The monoisotopic (exact) mass is 249 g/mol. The number of nitrogen functional groups attached to an aromatic ring is 1. The fourth-order valence-corrected chi connectivity index (χ4v) is 1.52. The van der Waals surface area contributed by atoms with Gasteiger partial charge in [0.25, 0.3) is 6.01 Å². The number of nitrogens with two attached hydrogens (primary N) is 1. The fourth-order valence-electron chi connectivity index (χ4n) is 1.52. The summed E-state index contributed by atoms with van der Waals surface area (Å²) in [5.74, 6) is -0.245. The number of aromatic nitrogens is 1. The molecule has 0 saturated carbocycles. The van der Waals surface area contributed by atoms with Crippen molar-refractivity contribution in [3.8, 4) is 0 Å². The van der Waals surface area contributed by atoms with Crippen molar-refractivity contribution in [3.05, 3.63) is 18.2 Å². The standard InChI is InChI=1S/C12H15N3O3/c1-2-17-11(16)5-6-14-12-15-9-7-8(13)3-4-10(9)18-12/h3-4,7H,2,5-6,13H2,1H3,(H,14,15). The molecule has 2 aromatic rings. The van der Waals surface area contributed by atoms with Crippen LogP contribution in [0.15, 0.2) is 22.6 Å². The third kappa shape index (κ3) is 2.91. The van der Waals surface area contributed by atoms with Gasteiger partial charge >= 0.3 is 5.97 Å². The maximum atomic E-state index is 11.1. The SMILES string of the molecule is CCOC(=O)CCNc1nc2cc(N)ccc2o1. The molecule has 1 aromatic carbocycles. The lowest BCUT2D eigenvalue weighted by molar-refractivity contribution is -0.142. The minimum atomic E-state index is -0.245. The van der Waals surface area contributed by atoms with Crippen molar-refractivity contribution in [2.45, 2.75) is 13.3 Å². The minimum absolute atomic E-state index is 0.245. The first-order valence-electron chi connectivity index (χ1n) is 5.74. The number of carbonyl (C=O) groups excluding carboxylic acids is 1. The van der Waals surface area contributed by atoms with E-state index in [2.05, 4.69) is 10.3 Å². The highest BCUT2D eigenvalue weighted by Gasteiger charge is 2.06. The highest BCUT2D eigenvalue weighted by atomic mass is 16.5. The Hall–Kier alpha value is -2.24. The van der Waals surface area contributed by atoms with Crippen LogP contribution in [-0.4, -0.2) is 24.1 Å². The van der Waals surface area contributed by atoms with Crippen LogP contribution in [-0.2, 0) is 9.53 Å². The van der Waals surface area contributed by atoms with Gasteiger partial charge in [-0.2, -0.15) is 4.98 Å². The number of esters is 1. The molecule has 0 spiro atoms. The minimum Gasteiger partial charge on any atom is -0.466 e. The van der Waals surface area contributed by atoms with Gasteiger partial charge in [0.1, 0.15) is 5.52 Å². The van der Waals surface area contributed by atoms with E-state index in [0.717, 1.165) is 0 Å². The van der Waals surface area contributed by atoms with Crippen LogP contribution in [0.3, 0.4) is 0 Å². The number of fused-ring (bicyclic) bond motifs is 1. The van der Waals surface area contributed by atoms with E-state index in [1.165, 1.54) is 0 Å². The molecule has 0 unspecified atom stereocenters. The van der Waals surface area contributed by atoms with Crippen molar-refractivity contribution in [1.82, 2.24) is 4.98 Å². The van der Waals surface area contributed by atoms with Crippen LogP contribution < -0.4 is 11.1 Å². The summed E-state index contributed by atoms with van der Waals surface area (Å²) in [7, 11) is 0. The van der Waals surface area contributed by atoms with E-state index in [1.807, 2.05) is 0 Å². The maximum Gasteiger partial charge on any atom is 0.307 e. The lowest BCUT2D eigenvalue weighted by Gasteiger charge is -2.01. The molecule has 6 nitrogen and oxygen atoms in total. The van der Waals surface area contributed by atoms with Gasteiger partial charge in [0.05, 0.1) is 13.0 Å². The molecule has 96 valence electrons. The van der Waals surface area contributed by atoms with Gasteiger partial charge in [0.15, 0.2) is 5.58 Å². The van der Waals surface area contributed by atoms with E-state index in [0.29, 0.717) is 36.0 Å². The van der Waals surface area contributed by atoms with E-state index in [4.69, 9.17) is 14.9 Å². The summed E-state index contributed by atoms with van der Waals surface area (Å²) in [6, 6.07) is 5.61. The highest BCUT2D eigenvalue weighted by molar-refractivity contribution is 5.78. The van der Waals surface area contributed by atoms with Crippen LogP contribution in [0.4, 0.5) is 11.7 Å². The Morgan fingerprint density at radius 1 is 1.56 bits per heavy atom. The quantitative estimate of drug-likeness (QED) is 0.620. The summed E-state index contributed by atoms with van der Waals surface area (Å²) in [5, 5.41) is 2.92. The molecular formula is C12H15N3O3. The van der Waals surface area contributed by atoms with Crippen molar-refractivity contribution in [1.29, 1.82) is 0 Å². The highest BCUT2D eigenvalue weighted by Crippen LogP contribution is 2.20. The van der Waals surface area contributed by atoms with E-state index >= 15 is 0 Å². The van der Waals surface area contributed by atoms with Crippen LogP contribution in [0, 0.1) is 0 Å². The lowest BCUT2D eigenvalue weighted by atomic mass is 10.3. The van der Waals surface area contributed by atoms with Crippen LogP contribution in [0.1, 0.15) is 13.3 Å². The van der Waals surface area contributed by atoms with Gasteiger partial charge in [-0.3, -0.25) is 4.79 Å². The maximum absolute atomic E-state index is 11.1. The number of carbonyl (C=O) groups is 1. The molecule has 1 heterocycles. The second-order valence-corrected chi connectivity index (χ2v) is 3.73. The van der Waals surface area contributed by atoms with Gasteiger partial charge in [0.2, 0.25) is 0 Å². The molecule has 18 heavy (non-hydrogen) atoms. The lowest BCUT2D eigenvalue weighted by Crippen LogP contribution is -2.11. The Balaban J connectivity index is 1.94. The summed E-state index contributed by atoms with van der Waals surface area (Å²) in [5.41, 5.74) is 7.62. The zero-order valence-electron chi connectivity index (χ0n) is 10.1. The number of hydrogen-bond acceptors (Lipinski definition) is 6. The molecule has 1 aromatic heterocycles. The molecule has 3 N–H and O–H groups in total. The average molecular weight is 249 g/mol. The van der Waals surface area contributed by atoms with Crippen LogP contribution in [0.2, 0.25) is 0 Å². The third-order valence-corrected chi connectivity index (χ3v) is 2.32. The van der Waals surface area contributed by atoms with Gasteiger partial charge in [-0.25, -0.2) is 0 Å². The van der Waals surface area contributed by atoms with Crippen molar-refractivity contribution in [2.24, 2.45) is 0 Å². The largest absolute Gasteiger partial charge is 0.466 e. The molecule has 0 bridgehead atoms. The Bertz CT molecular complexity index is 550. The van der Waals surface area contributed by atoms with E-state index in [-0.39, 0.29) is 12.4 Å². The summed E-state index contributed by atoms with van der Waals surface area (Å²) in [4.78, 5) is 15.3. The van der Waals surface area contributed by atoms with Gasteiger partial charge in [-0.05, 0) is 25.1 Å². The summed E-state index contributed by atoms with van der Waals surface area (Å²) in [6.07, 6.45) is 0.273. The van der Waals surface area contributed by atoms with Crippen LogP contribution in [0.5, 0.6) is 0 Å². The number of nitrogens with one attached hydrogen (secondary N) is 1. The zero-order chi connectivity index (χ0) is 13.0. The topological polar surface area (TPSA) is 90.4 Å². The molecule has 0 aliphatic rings. The van der Waals surface area contributed by atoms with E-state index in [9.17, 15) is 4.79 Å². The first-order valence-corrected chi connectivity index (χ1v) is 5.74. The predicted octanol–water partition coefficient (Wildman–Crippen LogP) is 1.78. The second kappa shape index (κ2) is 5.39. The Labute approximate surface area is 104 Å². The summed E-state index contributed by atoms with van der Waals surface area (Å²) >= 11 is 0. The first kappa shape index (κ1) is 12.2. The van der Waals surface area contributed by atoms with Gasteiger partial charge in [0, 0.05) is 12.2 Å². The first-order chi connectivity index (χ1) is 8.69. The molecule has 0 aliphatic carbocycles. The van der Waals surface area contributed by atoms with Gasteiger partial charge in [-0.1, -0.05) is 0 Å². The number of anilines is 2. The molecule has 2 rings (SSSR count). The molecule has 0 atom stereocenters.